The Morgan fingerprint density at radius 1 is 1.07 bits per heavy atom. The summed E-state index contributed by atoms with van der Waals surface area (Å²) in [6.07, 6.45) is 8.97. The normalized spacial score (nSPS) is 10.1. The number of aliphatic carboxylic acids is 1. The average Bonchev–Trinajstić information content (AvgIpc) is 2.16. The minimum Gasteiger partial charge on any atom is -0.545 e. The zero-order valence-corrected chi connectivity index (χ0v) is 9.18. The second-order valence-electron chi connectivity index (χ2n) is 3.76. The fraction of sp³-hybridized carbons (Fsp3) is 0.750. The highest BCUT2D eigenvalue weighted by atomic mass is 16.4. The van der Waals surface area contributed by atoms with Gasteiger partial charge < -0.3 is 9.90 Å². The van der Waals surface area contributed by atoms with E-state index in [1.54, 1.807) is 0 Å². The summed E-state index contributed by atoms with van der Waals surface area (Å²) < 4.78 is 0. The predicted molar refractivity (Wildman–Crippen MR) is 56.8 cm³/mol. The van der Waals surface area contributed by atoms with Crippen LogP contribution in [0.1, 0.15) is 58.3 Å². The van der Waals surface area contributed by atoms with Crippen LogP contribution in [0.5, 0.6) is 0 Å². The molecule has 0 radical (unpaired) electrons. The van der Waals surface area contributed by atoms with Crippen LogP contribution in [0.15, 0.2) is 12.2 Å². The van der Waals surface area contributed by atoms with Crippen molar-refractivity contribution in [2.45, 2.75) is 58.3 Å². The van der Waals surface area contributed by atoms with Crippen molar-refractivity contribution in [3.8, 4) is 0 Å². The Labute approximate surface area is 87.0 Å². The number of carbonyl (C=O) groups is 1. The van der Waals surface area contributed by atoms with Crippen LogP contribution < -0.4 is 5.11 Å². The monoisotopic (exact) mass is 197 g/mol. The standard InChI is InChI=1S/C12H22O2/c1-3-4-5-6-7-8-9-10-11(2)12(13)14/h2-10H2,1H3,(H,13,14)/p-1. The lowest BCUT2D eigenvalue weighted by Crippen LogP contribution is -2.23. The number of carboxylic acids is 1. The van der Waals surface area contributed by atoms with Crippen LogP contribution >= 0.6 is 0 Å². The molecule has 0 aliphatic carbocycles. The fourth-order valence-electron chi connectivity index (χ4n) is 1.40. The van der Waals surface area contributed by atoms with Gasteiger partial charge in [-0.3, -0.25) is 0 Å². The van der Waals surface area contributed by atoms with Gasteiger partial charge in [0.25, 0.3) is 0 Å². The summed E-state index contributed by atoms with van der Waals surface area (Å²) in [6.45, 7) is 5.64. The lowest BCUT2D eigenvalue weighted by atomic mass is 10.1. The Balaban J connectivity index is 3.13. The molecule has 14 heavy (non-hydrogen) atoms. The average molecular weight is 197 g/mol. The second kappa shape index (κ2) is 8.79. The van der Waals surface area contributed by atoms with Crippen molar-refractivity contribution in [2.24, 2.45) is 0 Å². The van der Waals surface area contributed by atoms with Crippen LogP contribution in [0.4, 0.5) is 0 Å². The summed E-state index contributed by atoms with van der Waals surface area (Å²) in [5.74, 6) is -1.10. The van der Waals surface area contributed by atoms with E-state index in [-0.39, 0.29) is 5.57 Å². The molecule has 0 N–H and O–H groups in total. The second-order valence-corrected chi connectivity index (χ2v) is 3.76. The molecule has 2 nitrogen and oxygen atoms in total. The fourth-order valence-corrected chi connectivity index (χ4v) is 1.40. The van der Waals surface area contributed by atoms with Gasteiger partial charge in [0.15, 0.2) is 0 Å². The molecule has 0 fully saturated rings. The minimum absolute atomic E-state index is 0.235. The van der Waals surface area contributed by atoms with Crippen LogP contribution in [0, 0.1) is 0 Å². The van der Waals surface area contributed by atoms with E-state index >= 15 is 0 Å². The van der Waals surface area contributed by atoms with Crippen LogP contribution in [-0.2, 0) is 4.79 Å². The molecule has 82 valence electrons. The van der Waals surface area contributed by atoms with E-state index in [1.807, 2.05) is 0 Å². The first-order chi connectivity index (χ1) is 6.68. The van der Waals surface area contributed by atoms with E-state index in [4.69, 9.17) is 0 Å². The first kappa shape index (κ1) is 13.2. The van der Waals surface area contributed by atoms with Gasteiger partial charge in [-0.1, -0.05) is 52.0 Å². The zero-order valence-electron chi connectivity index (χ0n) is 9.18. The number of unbranched alkanes of at least 4 members (excludes halogenated alkanes) is 6. The minimum atomic E-state index is -1.10. The SMILES string of the molecule is C=C(CCCCCCCCC)C(=O)[O-]. The van der Waals surface area contributed by atoms with Gasteiger partial charge in [0, 0.05) is 0 Å². The maximum absolute atomic E-state index is 10.3. The van der Waals surface area contributed by atoms with E-state index in [2.05, 4.69) is 13.5 Å². The molecule has 0 aromatic carbocycles. The highest BCUT2D eigenvalue weighted by molar-refractivity contribution is 5.83. The summed E-state index contributed by atoms with van der Waals surface area (Å²) in [6, 6.07) is 0. The number of hydrogen-bond acceptors (Lipinski definition) is 2. The molecule has 0 aromatic heterocycles. The van der Waals surface area contributed by atoms with Gasteiger partial charge in [-0.25, -0.2) is 0 Å². The Kier molecular flexibility index (Phi) is 8.30. The first-order valence-corrected chi connectivity index (χ1v) is 5.57. The summed E-state index contributed by atoms with van der Waals surface area (Å²) in [5.41, 5.74) is 0.235. The highest BCUT2D eigenvalue weighted by Crippen LogP contribution is 2.10. The molecule has 0 aliphatic rings. The van der Waals surface area contributed by atoms with Gasteiger partial charge in [-0.05, 0) is 18.4 Å². The van der Waals surface area contributed by atoms with Crippen molar-refractivity contribution in [2.75, 3.05) is 0 Å². The molecule has 0 saturated heterocycles. The maximum Gasteiger partial charge on any atom is 0.0668 e. The smallest absolute Gasteiger partial charge is 0.0668 e. The van der Waals surface area contributed by atoms with Crippen LogP contribution in [-0.4, -0.2) is 5.97 Å². The summed E-state index contributed by atoms with van der Waals surface area (Å²) >= 11 is 0. The van der Waals surface area contributed by atoms with E-state index in [1.165, 1.54) is 32.1 Å². The van der Waals surface area contributed by atoms with Crippen molar-refractivity contribution < 1.29 is 9.90 Å². The van der Waals surface area contributed by atoms with Gasteiger partial charge in [0.2, 0.25) is 0 Å². The quantitative estimate of drug-likeness (QED) is 0.420. The third-order valence-corrected chi connectivity index (χ3v) is 2.37. The number of rotatable bonds is 9. The molecule has 0 aromatic rings. The van der Waals surface area contributed by atoms with Crippen molar-refractivity contribution in [1.82, 2.24) is 0 Å². The van der Waals surface area contributed by atoms with E-state index in [0.29, 0.717) is 6.42 Å². The Morgan fingerprint density at radius 3 is 2.07 bits per heavy atom. The zero-order chi connectivity index (χ0) is 10.8. The third kappa shape index (κ3) is 7.84. The maximum atomic E-state index is 10.3. The van der Waals surface area contributed by atoms with Gasteiger partial charge in [0.05, 0.1) is 5.97 Å². The topological polar surface area (TPSA) is 40.1 Å². The van der Waals surface area contributed by atoms with Crippen molar-refractivity contribution in [3.63, 3.8) is 0 Å². The molecule has 0 rings (SSSR count). The highest BCUT2D eigenvalue weighted by Gasteiger charge is 1.95. The molecular weight excluding hydrogens is 176 g/mol. The van der Waals surface area contributed by atoms with E-state index in [9.17, 15) is 9.90 Å². The van der Waals surface area contributed by atoms with Gasteiger partial charge >= 0.3 is 0 Å². The van der Waals surface area contributed by atoms with Crippen molar-refractivity contribution >= 4 is 5.97 Å². The van der Waals surface area contributed by atoms with Gasteiger partial charge in [0.1, 0.15) is 0 Å². The largest absolute Gasteiger partial charge is 0.545 e. The molecule has 0 saturated carbocycles. The molecule has 0 atom stereocenters. The molecule has 0 spiro atoms. The van der Waals surface area contributed by atoms with Crippen LogP contribution in [0.25, 0.3) is 0 Å². The van der Waals surface area contributed by atoms with E-state index < -0.39 is 5.97 Å². The number of carbonyl (C=O) groups excluding carboxylic acids is 1. The molecule has 0 amide bonds. The Morgan fingerprint density at radius 2 is 1.57 bits per heavy atom. The molecule has 2 heteroatoms. The Bertz CT molecular complexity index is 173. The third-order valence-electron chi connectivity index (χ3n) is 2.37. The Hall–Kier alpha value is -0.790. The van der Waals surface area contributed by atoms with Crippen LogP contribution in [0.2, 0.25) is 0 Å². The number of carboxylic acid groups (broad SMARTS) is 1. The van der Waals surface area contributed by atoms with Gasteiger partial charge in [-0.15, -0.1) is 0 Å². The molecule has 0 heterocycles. The van der Waals surface area contributed by atoms with E-state index in [0.717, 1.165) is 12.8 Å². The molecule has 0 bridgehead atoms. The lowest BCUT2D eigenvalue weighted by molar-refractivity contribution is -0.299. The molecule has 0 unspecified atom stereocenters. The van der Waals surface area contributed by atoms with Crippen molar-refractivity contribution in [1.29, 1.82) is 0 Å². The summed E-state index contributed by atoms with van der Waals surface area (Å²) in [4.78, 5) is 10.3. The van der Waals surface area contributed by atoms with Gasteiger partial charge in [-0.2, -0.15) is 0 Å². The number of hydrogen-bond donors (Lipinski definition) is 0. The lowest BCUT2D eigenvalue weighted by Gasteiger charge is -2.05. The van der Waals surface area contributed by atoms with Crippen molar-refractivity contribution in [3.05, 3.63) is 12.2 Å². The summed E-state index contributed by atoms with van der Waals surface area (Å²) in [7, 11) is 0. The van der Waals surface area contributed by atoms with Crippen LogP contribution in [0.3, 0.4) is 0 Å². The predicted octanol–water partition coefficient (Wildman–Crippen LogP) is 2.43. The summed E-state index contributed by atoms with van der Waals surface area (Å²) in [5, 5.41) is 10.3. The molecular formula is C12H21O2-. The molecule has 0 aliphatic heterocycles. The first-order valence-electron chi connectivity index (χ1n) is 5.57.